The first-order chi connectivity index (χ1) is 11.9. The molecule has 7 heteroatoms. The van der Waals surface area contributed by atoms with E-state index >= 15 is 0 Å². The maximum Gasteiger partial charge on any atom is 0.422 e. The fourth-order valence-electron chi connectivity index (χ4n) is 2.18. The van der Waals surface area contributed by atoms with E-state index in [-0.39, 0.29) is 11.8 Å². The first kappa shape index (κ1) is 18.8. The van der Waals surface area contributed by atoms with Gasteiger partial charge in [0.15, 0.2) is 6.61 Å². The Bertz CT molecular complexity index is 673. The van der Waals surface area contributed by atoms with Crippen LogP contribution in [0.5, 0.6) is 5.88 Å². The number of para-hydroxylation sites is 1. The van der Waals surface area contributed by atoms with E-state index in [9.17, 15) is 18.0 Å². The molecule has 0 spiro atoms. The van der Waals surface area contributed by atoms with Gasteiger partial charge in [-0.05, 0) is 24.6 Å². The number of hydrogen-bond acceptors (Lipinski definition) is 3. The Morgan fingerprint density at radius 2 is 1.88 bits per heavy atom. The predicted octanol–water partition coefficient (Wildman–Crippen LogP) is 4.47. The highest BCUT2D eigenvalue weighted by Crippen LogP contribution is 2.20. The van der Waals surface area contributed by atoms with Crippen LogP contribution in [0.2, 0.25) is 0 Å². The molecule has 1 aromatic heterocycles. The van der Waals surface area contributed by atoms with Gasteiger partial charge in [0.25, 0.3) is 5.91 Å². The number of aromatic nitrogens is 1. The van der Waals surface area contributed by atoms with Crippen molar-refractivity contribution in [3.63, 3.8) is 0 Å². The first-order valence-electron chi connectivity index (χ1n) is 7.93. The van der Waals surface area contributed by atoms with E-state index in [1.165, 1.54) is 18.3 Å². The number of nitrogens with zero attached hydrogens (tertiary/aromatic N) is 2. The van der Waals surface area contributed by atoms with Crippen LogP contribution in [0, 0.1) is 0 Å². The van der Waals surface area contributed by atoms with Crippen LogP contribution in [0.15, 0.2) is 48.7 Å². The number of amides is 1. The van der Waals surface area contributed by atoms with Gasteiger partial charge in [-0.25, -0.2) is 4.98 Å². The molecule has 0 N–H and O–H groups in total. The van der Waals surface area contributed by atoms with Crippen molar-refractivity contribution in [3.05, 3.63) is 54.2 Å². The van der Waals surface area contributed by atoms with Gasteiger partial charge >= 0.3 is 6.18 Å². The Morgan fingerprint density at radius 1 is 1.16 bits per heavy atom. The molecule has 0 aliphatic rings. The molecule has 0 aliphatic heterocycles. The standard InChI is InChI=1S/C18H19F3N2O2/c1-2-3-11-23(15-7-5-4-6-8-15)17(24)14-9-10-16(22-12-14)25-13-18(19,20)21/h4-10,12H,2-3,11,13H2,1H3. The smallest absolute Gasteiger partial charge is 0.422 e. The van der Waals surface area contributed by atoms with Crippen LogP contribution in [0.4, 0.5) is 18.9 Å². The average molecular weight is 352 g/mol. The number of unbranched alkanes of at least 4 members (excludes halogenated alkanes) is 1. The number of pyridine rings is 1. The molecular formula is C18H19F3N2O2. The number of carbonyl (C=O) groups is 1. The fraction of sp³-hybridized carbons (Fsp3) is 0.333. The summed E-state index contributed by atoms with van der Waals surface area (Å²) in [6.45, 7) is 1.16. The molecule has 0 bridgehead atoms. The molecule has 0 fully saturated rings. The summed E-state index contributed by atoms with van der Waals surface area (Å²) in [5, 5.41) is 0. The van der Waals surface area contributed by atoms with Crippen LogP contribution in [-0.2, 0) is 0 Å². The molecule has 2 rings (SSSR count). The minimum Gasteiger partial charge on any atom is -0.468 e. The maximum atomic E-state index is 12.7. The van der Waals surface area contributed by atoms with Crippen molar-refractivity contribution in [3.8, 4) is 5.88 Å². The second kappa shape index (κ2) is 8.50. The largest absolute Gasteiger partial charge is 0.468 e. The second-order valence-corrected chi connectivity index (χ2v) is 5.43. The summed E-state index contributed by atoms with van der Waals surface area (Å²) in [7, 11) is 0. The monoisotopic (exact) mass is 352 g/mol. The van der Waals surface area contributed by atoms with Crippen molar-refractivity contribution >= 4 is 11.6 Å². The lowest BCUT2D eigenvalue weighted by Gasteiger charge is -2.22. The molecule has 25 heavy (non-hydrogen) atoms. The number of anilines is 1. The zero-order chi connectivity index (χ0) is 18.3. The third-order valence-electron chi connectivity index (χ3n) is 3.42. The third-order valence-corrected chi connectivity index (χ3v) is 3.42. The molecule has 0 saturated heterocycles. The number of ether oxygens (including phenoxy) is 1. The summed E-state index contributed by atoms with van der Waals surface area (Å²) >= 11 is 0. The molecule has 2 aromatic rings. The van der Waals surface area contributed by atoms with Crippen LogP contribution in [0.25, 0.3) is 0 Å². The minimum atomic E-state index is -4.43. The summed E-state index contributed by atoms with van der Waals surface area (Å²) in [4.78, 5) is 18.2. The summed E-state index contributed by atoms with van der Waals surface area (Å²) < 4.78 is 41.0. The zero-order valence-electron chi connectivity index (χ0n) is 13.8. The van der Waals surface area contributed by atoms with Gasteiger partial charge in [-0.3, -0.25) is 4.79 Å². The molecule has 1 amide bonds. The molecular weight excluding hydrogens is 333 g/mol. The predicted molar refractivity (Wildman–Crippen MR) is 88.8 cm³/mol. The van der Waals surface area contributed by atoms with E-state index in [1.807, 2.05) is 37.3 Å². The van der Waals surface area contributed by atoms with Crippen molar-refractivity contribution < 1.29 is 22.7 Å². The van der Waals surface area contributed by atoms with Gasteiger partial charge < -0.3 is 9.64 Å². The Labute approximate surface area is 144 Å². The molecule has 1 aromatic carbocycles. The van der Waals surface area contributed by atoms with E-state index in [0.29, 0.717) is 12.1 Å². The van der Waals surface area contributed by atoms with E-state index in [2.05, 4.69) is 9.72 Å². The van der Waals surface area contributed by atoms with Crippen molar-refractivity contribution in [1.82, 2.24) is 4.98 Å². The number of alkyl halides is 3. The lowest BCUT2D eigenvalue weighted by molar-refractivity contribution is -0.154. The Hall–Kier alpha value is -2.57. The average Bonchev–Trinajstić information content (AvgIpc) is 2.61. The van der Waals surface area contributed by atoms with Crippen LogP contribution in [-0.4, -0.2) is 30.2 Å². The summed E-state index contributed by atoms with van der Waals surface area (Å²) in [5.74, 6) is -0.428. The second-order valence-electron chi connectivity index (χ2n) is 5.43. The van der Waals surface area contributed by atoms with Gasteiger partial charge in [0, 0.05) is 24.5 Å². The van der Waals surface area contributed by atoms with Gasteiger partial charge in [-0.15, -0.1) is 0 Å². The Morgan fingerprint density at radius 3 is 2.44 bits per heavy atom. The van der Waals surface area contributed by atoms with E-state index in [0.717, 1.165) is 18.5 Å². The Balaban J connectivity index is 2.13. The molecule has 1 heterocycles. The highest BCUT2D eigenvalue weighted by atomic mass is 19.4. The van der Waals surface area contributed by atoms with Gasteiger partial charge in [0.2, 0.25) is 5.88 Å². The number of benzene rings is 1. The SMILES string of the molecule is CCCCN(C(=O)c1ccc(OCC(F)(F)F)nc1)c1ccccc1. The van der Waals surface area contributed by atoms with E-state index < -0.39 is 12.8 Å². The third kappa shape index (κ3) is 5.77. The lowest BCUT2D eigenvalue weighted by Crippen LogP contribution is -2.32. The molecule has 0 saturated carbocycles. The van der Waals surface area contributed by atoms with E-state index in [1.54, 1.807) is 4.90 Å². The quantitative estimate of drug-likeness (QED) is 0.738. The van der Waals surface area contributed by atoms with Crippen LogP contribution >= 0.6 is 0 Å². The number of hydrogen-bond donors (Lipinski definition) is 0. The van der Waals surface area contributed by atoms with E-state index in [4.69, 9.17) is 0 Å². The van der Waals surface area contributed by atoms with Gasteiger partial charge in [-0.2, -0.15) is 13.2 Å². The molecule has 0 unspecified atom stereocenters. The maximum absolute atomic E-state index is 12.7. The zero-order valence-corrected chi connectivity index (χ0v) is 13.8. The topological polar surface area (TPSA) is 42.4 Å². The highest BCUT2D eigenvalue weighted by molar-refractivity contribution is 6.05. The van der Waals surface area contributed by atoms with Gasteiger partial charge in [0.1, 0.15) is 0 Å². The van der Waals surface area contributed by atoms with Crippen molar-refractivity contribution in [2.24, 2.45) is 0 Å². The van der Waals surface area contributed by atoms with Crippen LogP contribution in [0.3, 0.4) is 0 Å². The van der Waals surface area contributed by atoms with Crippen molar-refractivity contribution in [2.75, 3.05) is 18.1 Å². The lowest BCUT2D eigenvalue weighted by atomic mass is 10.2. The highest BCUT2D eigenvalue weighted by Gasteiger charge is 2.28. The van der Waals surface area contributed by atoms with Gasteiger partial charge in [-0.1, -0.05) is 31.5 Å². The van der Waals surface area contributed by atoms with Crippen molar-refractivity contribution in [1.29, 1.82) is 0 Å². The molecule has 4 nitrogen and oxygen atoms in total. The molecule has 0 aliphatic carbocycles. The fourth-order valence-corrected chi connectivity index (χ4v) is 2.18. The first-order valence-corrected chi connectivity index (χ1v) is 7.93. The number of carbonyl (C=O) groups excluding carboxylic acids is 1. The van der Waals surface area contributed by atoms with Gasteiger partial charge in [0.05, 0.1) is 5.56 Å². The number of halogens is 3. The van der Waals surface area contributed by atoms with Crippen LogP contribution in [0.1, 0.15) is 30.1 Å². The van der Waals surface area contributed by atoms with Crippen molar-refractivity contribution in [2.45, 2.75) is 25.9 Å². The number of rotatable bonds is 7. The van der Waals surface area contributed by atoms with Crippen LogP contribution < -0.4 is 9.64 Å². The Kier molecular flexibility index (Phi) is 6.38. The summed E-state index contributed by atoms with van der Waals surface area (Å²) in [6.07, 6.45) is -1.43. The molecule has 134 valence electrons. The summed E-state index contributed by atoms with van der Waals surface area (Å²) in [6, 6.07) is 11.9. The molecule has 0 radical (unpaired) electrons. The molecule has 0 atom stereocenters. The normalized spacial score (nSPS) is 11.2. The summed E-state index contributed by atoms with van der Waals surface area (Å²) in [5.41, 5.74) is 1.05. The minimum absolute atomic E-state index is 0.173.